The second-order valence-corrected chi connectivity index (χ2v) is 6.72. The Morgan fingerprint density at radius 3 is 2.90 bits per heavy atom. The van der Waals surface area contributed by atoms with E-state index in [0.717, 1.165) is 8.95 Å². The Balaban J connectivity index is 1.98. The SMILES string of the molecule is CC1(c2nc(-c3ncc(Br)cc3Br)no2)COCC1N. The molecular weight excluding hydrogens is 392 g/mol. The van der Waals surface area contributed by atoms with E-state index in [1.807, 2.05) is 13.0 Å². The molecule has 1 saturated heterocycles. The van der Waals surface area contributed by atoms with Gasteiger partial charge in [0.25, 0.3) is 0 Å². The van der Waals surface area contributed by atoms with Gasteiger partial charge >= 0.3 is 0 Å². The van der Waals surface area contributed by atoms with Gasteiger partial charge in [-0.15, -0.1) is 0 Å². The van der Waals surface area contributed by atoms with Crippen LogP contribution in [0.25, 0.3) is 11.5 Å². The second kappa shape index (κ2) is 5.18. The van der Waals surface area contributed by atoms with Gasteiger partial charge in [-0.25, -0.2) is 0 Å². The third kappa shape index (κ3) is 2.30. The summed E-state index contributed by atoms with van der Waals surface area (Å²) in [6, 6.07) is 1.72. The fraction of sp³-hybridized carbons (Fsp3) is 0.417. The van der Waals surface area contributed by atoms with Crippen molar-refractivity contribution in [3.8, 4) is 11.5 Å². The van der Waals surface area contributed by atoms with Crippen LogP contribution < -0.4 is 5.73 Å². The maximum atomic E-state index is 6.06. The molecule has 20 heavy (non-hydrogen) atoms. The fourth-order valence-electron chi connectivity index (χ4n) is 2.04. The van der Waals surface area contributed by atoms with Gasteiger partial charge in [0.1, 0.15) is 5.69 Å². The molecule has 106 valence electrons. The highest BCUT2D eigenvalue weighted by Gasteiger charge is 2.44. The summed E-state index contributed by atoms with van der Waals surface area (Å²) in [4.78, 5) is 8.72. The van der Waals surface area contributed by atoms with E-state index < -0.39 is 5.41 Å². The maximum absolute atomic E-state index is 6.06. The summed E-state index contributed by atoms with van der Waals surface area (Å²) in [6.07, 6.45) is 1.68. The van der Waals surface area contributed by atoms with Gasteiger partial charge in [0, 0.05) is 21.2 Å². The molecule has 0 amide bonds. The van der Waals surface area contributed by atoms with Crippen molar-refractivity contribution < 1.29 is 9.26 Å². The topological polar surface area (TPSA) is 87.1 Å². The molecule has 1 aliphatic heterocycles. The van der Waals surface area contributed by atoms with Crippen molar-refractivity contribution in [3.05, 3.63) is 27.1 Å². The van der Waals surface area contributed by atoms with Gasteiger partial charge in [-0.1, -0.05) is 5.16 Å². The van der Waals surface area contributed by atoms with Crippen molar-refractivity contribution >= 4 is 31.9 Å². The minimum Gasteiger partial charge on any atom is -0.379 e. The first-order valence-electron chi connectivity index (χ1n) is 5.99. The number of hydrogen-bond acceptors (Lipinski definition) is 6. The number of pyridine rings is 1. The van der Waals surface area contributed by atoms with Gasteiger partial charge in [0.15, 0.2) is 0 Å². The molecule has 0 bridgehead atoms. The molecule has 2 aromatic heterocycles. The largest absolute Gasteiger partial charge is 0.379 e. The predicted molar refractivity (Wildman–Crippen MR) is 79.1 cm³/mol. The van der Waals surface area contributed by atoms with Gasteiger partial charge in [0.05, 0.1) is 18.6 Å². The van der Waals surface area contributed by atoms with E-state index in [-0.39, 0.29) is 6.04 Å². The molecule has 0 spiro atoms. The first-order valence-corrected chi connectivity index (χ1v) is 7.58. The third-order valence-corrected chi connectivity index (χ3v) is 4.49. The van der Waals surface area contributed by atoms with E-state index in [1.165, 1.54) is 0 Å². The number of nitrogens with zero attached hydrogens (tertiary/aromatic N) is 3. The Bertz CT molecular complexity index is 648. The van der Waals surface area contributed by atoms with Gasteiger partial charge in [-0.2, -0.15) is 4.98 Å². The molecule has 0 aliphatic carbocycles. The second-order valence-electron chi connectivity index (χ2n) is 4.95. The quantitative estimate of drug-likeness (QED) is 0.827. The van der Waals surface area contributed by atoms with E-state index >= 15 is 0 Å². The molecule has 0 saturated carbocycles. The van der Waals surface area contributed by atoms with Crippen LogP contribution in [0.4, 0.5) is 0 Å². The summed E-state index contributed by atoms with van der Waals surface area (Å²) >= 11 is 6.79. The third-order valence-electron chi connectivity index (χ3n) is 3.45. The Kier molecular flexibility index (Phi) is 3.65. The summed E-state index contributed by atoms with van der Waals surface area (Å²) in [5, 5.41) is 4.00. The zero-order valence-corrected chi connectivity index (χ0v) is 13.8. The Morgan fingerprint density at radius 1 is 1.45 bits per heavy atom. The van der Waals surface area contributed by atoms with Crippen molar-refractivity contribution in [2.45, 2.75) is 18.4 Å². The highest BCUT2D eigenvalue weighted by atomic mass is 79.9. The van der Waals surface area contributed by atoms with Gasteiger partial charge in [-0.3, -0.25) is 4.98 Å². The molecule has 0 aromatic carbocycles. The van der Waals surface area contributed by atoms with Crippen LogP contribution >= 0.6 is 31.9 Å². The molecule has 2 N–H and O–H groups in total. The van der Waals surface area contributed by atoms with E-state index in [1.54, 1.807) is 6.20 Å². The fourth-order valence-corrected chi connectivity index (χ4v) is 3.20. The first-order chi connectivity index (χ1) is 9.50. The number of ether oxygens (including phenoxy) is 1. The van der Waals surface area contributed by atoms with E-state index in [9.17, 15) is 0 Å². The average molecular weight is 404 g/mol. The van der Waals surface area contributed by atoms with Crippen LogP contribution in [0.2, 0.25) is 0 Å². The average Bonchev–Trinajstić information content (AvgIpc) is 2.99. The lowest BCUT2D eigenvalue weighted by molar-refractivity contribution is 0.169. The van der Waals surface area contributed by atoms with Crippen LogP contribution in [0.1, 0.15) is 12.8 Å². The van der Waals surface area contributed by atoms with Crippen LogP contribution in [0.5, 0.6) is 0 Å². The number of halogens is 2. The lowest BCUT2D eigenvalue weighted by atomic mass is 9.86. The maximum Gasteiger partial charge on any atom is 0.236 e. The summed E-state index contributed by atoms with van der Waals surface area (Å²) < 4.78 is 12.4. The molecule has 0 radical (unpaired) electrons. The molecule has 8 heteroatoms. The monoisotopic (exact) mass is 402 g/mol. The number of rotatable bonds is 2. The van der Waals surface area contributed by atoms with Crippen LogP contribution in [0, 0.1) is 0 Å². The number of nitrogens with two attached hydrogens (primary N) is 1. The smallest absolute Gasteiger partial charge is 0.236 e. The Labute approximate surface area is 132 Å². The lowest BCUT2D eigenvalue weighted by Gasteiger charge is -2.21. The van der Waals surface area contributed by atoms with Crippen LogP contribution in [-0.4, -0.2) is 34.4 Å². The minimum atomic E-state index is -0.451. The number of aromatic nitrogens is 3. The van der Waals surface area contributed by atoms with Crippen molar-refractivity contribution in [1.29, 1.82) is 0 Å². The molecule has 1 fully saturated rings. The summed E-state index contributed by atoms with van der Waals surface area (Å²) in [5.41, 5.74) is 6.23. The number of hydrogen-bond donors (Lipinski definition) is 1. The highest BCUT2D eigenvalue weighted by Crippen LogP contribution is 2.33. The summed E-state index contributed by atoms with van der Waals surface area (Å²) in [5.74, 6) is 0.911. The molecule has 6 nitrogen and oxygen atoms in total. The predicted octanol–water partition coefficient (Wildman–Crippen LogP) is 2.27. The van der Waals surface area contributed by atoms with Gasteiger partial charge < -0.3 is 15.0 Å². The van der Waals surface area contributed by atoms with Crippen molar-refractivity contribution in [2.24, 2.45) is 5.73 Å². The Hall–Kier alpha value is -0.830. The Morgan fingerprint density at radius 2 is 2.25 bits per heavy atom. The summed E-state index contributed by atoms with van der Waals surface area (Å²) in [6.45, 7) is 2.94. The van der Waals surface area contributed by atoms with Crippen LogP contribution in [-0.2, 0) is 10.2 Å². The molecule has 1 aliphatic rings. The lowest BCUT2D eigenvalue weighted by Crippen LogP contribution is -2.42. The van der Waals surface area contributed by atoms with E-state index in [0.29, 0.717) is 30.6 Å². The first kappa shape index (κ1) is 14.1. The standard InChI is InChI=1S/C12H12Br2N4O2/c1-12(5-19-4-8(12)15)11-17-10(18-20-11)9-7(14)2-6(13)3-16-9/h2-3,8H,4-5,15H2,1H3. The molecule has 2 atom stereocenters. The van der Waals surface area contributed by atoms with Crippen LogP contribution in [0.3, 0.4) is 0 Å². The van der Waals surface area contributed by atoms with E-state index in [4.69, 9.17) is 15.0 Å². The van der Waals surface area contributed by atoms with Gasteiger partial charge in [-0.05, 0) is 44.8 Å². The van der Waals surface area contributed by atoms with Gasteiger partial charge in [0.2, 0.25) is 11.7 Å². The highest BCUT2D eigenvalue weighted by molar-refractivity contribution is 9.11. The molecule has 3 heterocycles. The van der Waals surface area contributed by atoms with Crippen molar-refractivity contribution in [1.82, 2.24) is 15.1 Å². The van der Waals surface area contributed by atoms with E-state index in [2.05, 4.69) is 47.0 Å². The normalized spacial score (nSPS) is 26.1. The zero-order chi connectivity index (χ0) is 14.3. The van der Waals surface area contributed by atoms with Crippen LogP contribution in [0.15, 0.2) is 25.7 Å². The van der Waals surface area contributed by atoms with Crippen molar-refractivity contribution in [3.63, 3.8) is 0 Å². The zero-order valence-electron chi connectivity index (χ0n) is 10.6. The molecule has 3 rings (SSSR count). The summed E-state index contributed by atoms with van der Waals surface area (Å²) in [7, 11) is 0. The van der Waals surface area contributed by atoms with Crippen molar-refractivity contribution in [2.75, 3.05) is 13.2 Å². The molecule has 2 unspecified atom stereocenters. The minimum absolute atomic E-state index is 0.155. The molecule has 2 aromatic rings. The molecular formula is C12H12Br2N4O2.